The van der Waals surface area contributed by atoms with Gasteiger partial charge in [0.1, 0.15) is 5.82 Å². The van der Waals surface area contributed by atoms with Gasteiger partial charge >= 0.3 is 5.97 Å². The molecule has 35 heavy (non-hydrogen) atoms. The normalized spacial score (nSPS) is 26.8. The third-order valence-corrected chi connectivity index (χ3v) is 8.48. The summed E-state index contributed by atoms with van der Waals surface area (Å²) in [6.07, 6.45) is 6.92. The minimum atomic E-state index is -0.623. The van der Waals surface area contributed by atoms with Gasteiger partial charge in [-0.3, -0.25) is 9.59 Å². The molecule has 7 nitrogen and oxygen atoms in total. The molecular formula is C28H33N3O4. The molecule has 2 aliphatic carbocycles. The molecule has 7 heteroatoms. The minimum Gasteiger partial charge on any atom is -0.483 e. The zero-order chi connectivity index (χ0) is 24.7. The Labute approximate surface area is 205 Å². The molecule has 0 radical (unpaired) electrons. The predicted octanol–water partition coefficient (Wildman–Crippen LogP) is 4.91. The van der Waals surface area contributed by atoms with Crippen LogP contribution >= 0.6 is 0 Å². The van der Waals surface area contributed by atoms with Crippen LogP contribution in [0.5, 0.6) is 0 Å². The number of fused-ring (bicyclic) bond motifs is 3. The summed E-state index contributed by atoms with van der Waals surface area (Å²) in [4.78, 5) is 27.3. The van der Waals surface area contributed by atoms with Crippen LogP contribution in [0.15, 0.2) is 42.5 Å². The Morgan fingerprint density at radius 2 is 1.83 bits per heavy atom. The number of aliphatic carboxylic acids is 1. The van der Waals surface area contributed by atoms with Gasteiger partial charge in [0.2, 0.25) is 0 Å². The number of imidazole rings is 1. The van der Waals surface area contributed by atoms with E-state index < -0.39 is 5.97 Å². The fourth-order valence-corrected chi connectivity index (χ4v) is 6.54. The lowest BCUT2D eigenvalue weighted by molar-refractivity contribution is -0.157. The predicted molar refractivity (Wildman–Crippen MR) is 135 cm³/mol. The van der Waals surface area contributed by atoms with Crippen LogP contribution in [0.25, 0.3) is 11.0 Å². The van der Waals surface area contributed by atoms with E-state index in [1.807, 2.05) is 0 Å². The SMILES string of the molecule is CC1CCc2c(ccc3c2nc(Cc2ccccc2)n3C2CC3(CC(C(=O)O)C3)C2)N1C.O=CO. The molecular weight excluding hydrogens is 442 g/mol. The highest BCUT2D eigenvalue weighted by atomic mass is 16.4. The number of rotatable bonds is 4. The van der Waals surface area contributed by atoms with Gasteiger partial charge in [-0.05, 0) is 68.6 Å². The maximum Gasteiger partial charge on any atom is 0.306 e. The summed E-state index contributed by atoms with van der Waals surface area (Å²) in [5.41, 5.74) is 6.67. The van der Waals surface area contributed by atoms with E-state index in [4.69, 9.17) is 14.9 Å². The van der Waals surface area contributed by atoms with Crippen LogP contribution in [0.2, 0.25) is 0 Å². The van der Waals surface area contributed by atoms with Crippen LogP contribution < -0.4 is 4.90 Å². The first-order valence-corrected chi connectivity index (χ1v) is 12.5. The van der Waals surface area contributed by atoms with E-state index >= 15 is 0 Å². The van der Waals surface area contributed by atoms with Gasteiger partial charge in [0.05, 0.1) is 17.0 Å². The van der Waals surface area contributed by atoms with E-state index in [1.54, 1.807) is 0 Å². The van der Waals surface area contributed by atoms with Gasteiger partial charge in [0.15, 0.2) is 0 Å². The van der Waals surface area contributed by atoms with Crippen molar-refractivity contribution in [1.82, 2.24) is 9.55 Å². The summed E-state index contributed by atoms with van der Waals surface area (Å²) in [7, 11) is 2.20. The molecule has 2 saturated carbocycles. The van der Waals surface area contributed by atoms with E-state index in [9.17, 15) is 9.90 Å². The molecule has 2 fully saturated rings. The number of hydrogen-bond donors (Lipinski definition) is 2. The van der Waals surface area contributed by atoms with Crippen molar-refractivity contribution in [3.8, 4) is 0 Å². The highest BCUT2D eigenvalue weighted by Gasteiger charge is 2.55. The second-order valence-corrected chi connectivity index (χ2v) is 10.6. The summed E-state index contributed by atoms with van der Waals surface area (Å²) in [5.74, 6) is 0.389. The van der Waals surface area contributed by atoms with Gasteiger partial charge in [-0.2, -0.15) is 0 Å². The average Bonchev–Trinajstić information content (AvgIpc) is 3.13. The van der Waals surface area contributed by atoms with Crippen LogP contribution in [0.4, 0.5) is 5.69 Å². The fourth-order valence-electron chi connectivity index (χ4n) is 6.54. The van der Waals surface area contributed by atoms with Crippen LogP contribution in [0.1, 0.15) is 62.0 Å². The maximum absolute atomic E-state index is 11.3. The van der Waals surface area contributed by atoms with Crippen LogP contribution in [-0.2, 0) is 22.4 Å². The van der Waals surface area contributed by atoms with Crippen molar-refractivity contribution in [2.24, 2.45) is 11.3 Å². The molecule has 2 aromatic carbocycles. The standard InChI is InChI=1S/C27H31N3O2.CH2O2/c1-17-8-9-21-22(29(17)2)10-11-23-25(21)28-24(12-18-6-4-3-5-7-18)30(23)20-15-27(16-20)13-19(14-27)26(31)32;2-1-3/h3-7,10-11,17,19-20H,8-9,12-16H2,1-2H3,(H,31,32);1H,(H,2,3). The summed E-state index contributed by atoms with van der Waals surface area (Å²) in [6, 6.07) is 16.2. The van der Waals surface area contributed by atoms with Crippen molar-refractivity contribution in [2.75, 3.05) is 11.9 Å². The van der Waals surface area contributed by atoms with Crippen LogP contribution in [0.3, 0.4) is 0 Å². The third-order valence-electron chi connectivity index (χ3n) is 8.48. The molecule has 1 spiro atoms. The van der Waals surface area contributed by atoms with Crippen LogP contribution in [-0.4, -0.2) is 45.3 Å². The topological polar surface area (TPSA) is 95.7 Å². The number of hydrogen-bond acceptors (Lipinski definition) is 4. The van der Waals surface area contributed by atoms with Gasteiger partial charge in [-0.1, -0.05) is 30.3 Å². The Balaban J connectivity index is 0.000000806. The van der Waals surface area contributed by atoms with Crippen molar-refractivity contribution >= 4 is 29.2 Å². The van der Waals surface area contributed by atoms with E-state index in [-0.39, 0.29) is 17.8 Å². The lowest BCUT2D eigenvalue weighted by Gasteiger charge is -2.57. The van der Waals surface area contributed by atoms with Gasteiger partial charge in [0.25, 0.3) is 6.47 Å². The van der Waals surface area contributed by atoms with Crippen molar-refractivity contribution in [2.45, 2.75) is 64.0 Å². The number of aryl methyl sites for hydroxylation is 1. The number of carbonyl (C=O) groups is 2. The number of anilines is 1. The van der Waals surface area contributed by atoms with Gasteiger partial charge in [-0.15, -0.1) is 0 Å². The van der Waals surface area contributed by atoms with E-state index in [1.165, 1.54) is 27.8 Å². The second kappa shape index (κ2) is 9.02. The Kier molecular flexibility index (Phi) is 6.03. The quantitative estimate of drug-likeness (QED) is 0.521. The van der Waals surface area contributed by atoms with Gasteiger partial charge < -0.3 is 19.7 Å². The van der Waals surface area contributed by atoms with Crippen molar-refractivity contribution in [3.05, 3.63) is 59.4 Å². The summed E-state index contributed by atoms with van der Waals surface area (Å²) in [5, 5.41) is 16.2. The summed E-state index contributed by atoms with van der Waals surface area (Å²) in [6.45, 7) is 2.05. The smallest absolute Gasteiger partial charge is 0.306 e. The zero-order valence-electron chi connectivity index (χ0n) is 20.4. The fraction of sp³-hybridized carbons (Fsp3) is 0.464. The number of nitrogens with zero attached hydrogens (tertiary/aromatic N) is 3. The molecule has 1 unspecified atom stereocenters. The molecule has 3 aliphatic rings. The molecule has 1 aromatic heterocycles. The average molecular weight is 476 g/mol. The molecule has 1 atom stereocenters. The van der Waals surface area contributed by atoms with E-state index in [0.717, 1.165) is 50.8 Å². The molecule has 3 aromatic rings. The third kappa shape index (κ3) is 4.07. The van der Waals surface area contributed by atoms with Crippen molar-refractivity contribution in [3.63, 3.8) is 0 Å². The number of benzene rings is 2. The Hall–Kier alpha value is -3.35. The van der Waals surface area contributed by atoms with Crippen molar-refractivity contribution in [1.29, 1.82) is 0 Å². The molecule has 2 N–H and O–H groups in total. The number of aromatic nitrogens is 2. The minimum absolute atomic E-state index is 0.135. The molecule has 2 heterocycles. The lowest BCUT2D eigenvalue weighted by atomic mass is 9.50. The summed E-state index contributed by atoms with van der Waals surface area (Å²) >= 11 is 0. The summed E-state index contributed by atoms with van der Waals surface area (Å²) < 4.78 is 2.50. The highest BCUT2D eigenvalue weighted by Crippen LogP contribution is 2.63. The van der Waals surface area contributed by atoms with Gasteiger partial charge in [-0.25, -0.2) is 4.98 Å². The Bertz CT molecular complexity index is 1240. The molecule has 0 amide bonds. The number of carboxylic acids is 1. The van der Waals surface area contributed by atoms with Crippen molar-refractivity contribution < 1.29 is 19.8 Å². The molecule has 184 valence electrons. The van der Waals surface area contributed by atoms with E-state index in [0.29, 0.717) is 12.1 Å². The lowest BCUT2D eigenvalue weighted by Crippen LogP contribution is -2.50. The van der Waals surface area contributed by atoms with E-state index in [2.05, 4.69) is 65.9 Å². The maximum atomic E-state index is 11.3. The largest absolute Gasteiger partial charge is 0.483 e. The first-order chi connectivity index (χ1) is 16.9. The molecule has 1 aliphatic heterocycles. The first-order valence-electron chi connectivity index (χ1n) is 12.5. The molecule has 0 saturated heterocycles. The molecule has 6 rings (SSSR count). The Morgan fingerprint density at radius 1 is 1.14 bits per heavy atom. The first kappa shape index (κ1) is 23.4. The second-order valence-electron chi connectivity index (χ2n) is 10.6. The Morgan fingerprint density at radius 3 is 2.49 bits per heavy atom. The van der Waals surface area contributed by atoms with Crippen LogP contribution in [0, 0.1) is 11.3 Å². The molecule has 0 bridgehead atoms. The van der Waals surface area contributed by atoms with Gasteiger partial charge in [0, 0.05) is 36.8 Å². The monoisotopic (exact) mass is 475 g/mol. The zero-order valence-corrected chi connectivity index (χ0v) is 20.4. The number of carboxylic acid groups (broad SMARTS) is 2. The highest BCUT2D eigenvalue weighted by molar-refractivity contribution is 5.86.